The second kappa shape index (κ2) is 5.75. The molecule has 90 valence electrons. The van der Waals surface area contributed by atoms with Crippen LogP contribution in [0.3, 0.4) is 0 Å². The summed E-state index contributed by atoms with van der Waals surface area (Å²) in [5.41, 5.74) is 6.40. The largest absolute Gasteiger partial charge is 0.324 e. The van der Waals surface area contributed by atoms with Gasteiger partial charge < -0.3 is 11.1 Å². The van der Waals surface area contributed by atoms with Gasteiger partial charge in [0.05, 0.1) is 5.01 Å². The Balaban J connectivity index is 1.63. The zero-order valence-electron chi connectivity index (χ0n) is 9.74. The van der Waals surface area contributed by atoms with Crippen LogP contribution in [0.2, 0.25) is 0 Å². The van der Waals surface area contributed by atoms with E-state index in [0.29, 0.717) is 0 Å². The number of hydrogen-bond acceptors (Lipinski definition) is 4. The molecule has 1 saturated carbocycles. The van der Waals surface area contributed by atoms with E-state index in [9.17, 15) is 0 Å². The van der Waals surface area contributed by atoms with Crippen LogP contribution in [-0.2, 0) is 6.42 Å². The van der Waals surface area contributed by atoms with Crippen molar-refractivity contribution in [2.45, 2.75) is 44.1 Å². The highest BCUT2D eigenvalue weighted by Gasteiger charge is 2.26. The molecule has 0 aliphatic heterocycles. The highest BCUT2D eigenvalue weighted by atomic mass is 32.1. The zero-order chi connectivity index (χ0) is 11.3. The van der Waals surface area contributed by atoms with Crippen LogP contribution in [0.5, 0.6) is 0 Å². The molecule has 1 aliphatic carbocycles. The highest BCUT2D eigenvalue weighted by molar-refractivity contribution is 7.09. The quantitative estimate of drug-likeness (QED) is 0.772. The maximum absolute atomic E-state index is 6.34. The third kappa shape index (κ3) is 3.54. The number of hydrogen-bond donors (Lipinski definition) is 2. The molecule has 1 heterocycles. The van der Waals surface area contributed by atoms with Crippen LogP contribution in [0.15, 0.2) is 11.6 Å². The Morgan fingerprint density at radius 1 is 1.38 bits per heavy atom. The summed E-state index contributed by atoms with van der Waals surface area (Å²) in [6, 6.07) is 0. The Labute approximate surface area is 101 Å². The van der Waals surface area contributed by atoms with Gasteiger partial charge in [-0.2, -0.15) is 0 Å². The average Bonchev–Trinajstić information content (AvgIpc) is 2.78. The summed E-state index contributed by atoms with van der Waals surface area (Å²) < 4.78 is 0. The summed E-state index contributed by atoms with van der Waals surface area (Å²) >= 11 is 1.73. The van der Waals surface area contributed by atoms with Crippen molar-refractivity contribution < 1.29 is 0 Å². The van der Waals surface area contributed by atoms with Gasteiger partial charge in [-0.3, -0.25) is 0 Å². The molecule has 4 heteroatoms. The van der Waals surface area contributed by atoms with Crippen LogP contribution in [0.1, 0.15) is 37.1 Å². The lowest BCUT2D eigenvalue weighted by molar-refractivity contribution is 0.284. The molecule has 0 bridgehead atoms. The second-order valence-corrected chi connectivity index (χ2v) is 5.75. The number of nitrogens with two attached hydrogens (primary N) is 1. The number of nitrogens with one attached hydrogen (secondary N) is 1. The number of rotatable bonds is 5. The highest BCUT2D eigenvalue weighted by Crippen LogP contribution is 2.24. The fourth-order valence-corrected chi connectivity index (χ4v) is 2.96. The summed E-state index contributed by atoms with van der Waals surface area (Å²) in [6.45, 7) is 1.95. The van der Waals surface area contributed by atoms with Gasteiger partial charge in [-0.15, -0.1) is 11.3 Å². The van der Waals surface area contributed by atoms with E-state index in [1.54, 1.807) is 11.3 Å². The molecule has 0 aromatic carbocycles. The molecule has 0 amide bonds. The van der Waals surface area contributed by atoms with Crippen molar-refractivity contribution in [3.63, 3.8) is 0 Å². The molecule has 16 heavy (non-hydrogen) atoms. The lowest BCUT2D eigenvalue weighted by atomic mass is 9.82. The Kier molecular flexibility index (Phi) is 4.32. The number of nitrogens with zero attached hydrogens (tertiary/aromatic N) is 1. The van der Waals surface area contributed by atoms with Crippen LogP contribution in [0.25, 0.3) is 0 Å². The molecular weight excluding hydrogens is 218 g/mol. The van der Waals surface area contributed by atoms with Crippen LogP contribution >= 0.6 is 11.3 Å². The van der Waals surface area contributed by atoms with Crippen molar-refractivity contribution in [3.8, 4) is 0 Å². The topological polar surface area (TPSA) is 50.9 Å². The first-order chi connectivity index (χ1) is 7.79. The molecule has 1 fully saturated rings. The van der Waals surface area contributed by atoms with E-state index >= 15 is 0 Å². The average molecular weight is 239 g/mol. The predicted molar refractivity (Wildman–Crippen MR) is 68.7 cm³/mol. The minimum Gasteiger partial charge on any atom is -0.324 e. The molecule has 0 radical (unpaired) electrons. The zero-order valence-corrected chi connectivity index (χ0v) is 10.6. The first kappa shape index (κ1) is 12.0. The molecule has 0 unspecified atom stereocenters. The molecule has 0 spiro atoms. The van der Waals surface area contributed by atoms with E-state index in [2.05, 4.69) is 10.3 Å². The SMILES string of the molecule is NC1(CNCCc2nccs2)CCCCC1. The van der Waals surface area contributed by atoms with Gasteiger partial charge in [-0.25, -0.2) is 4.98 Å². The van der Waals surface area contributed by atoms with Crippen molar-refractivity contribution in [2.75, 3.05) is 13.1 Å². The molecule has 2 rings (SSSR count). The summed E-state index contributed by atoms with van der Waals surface area (Å²) in [4.78, 5) is 4.27. The van der Waals surface area contributed by atoms with Crippen molar-refractivity contribution in [3.05, 3.63) is 16.6 Å². The van der Waals surface area contributed by atoms with Gasteiger partial charge in [0.1, 0.15) is 0 Å². The maximum atomic E-state index is 6.34. The Morgan fingerprint density at radius 3 is 2.88 bits per heavy atom. The molecule has 1 aromatic heterocycles. The van der Waals surface area contributed by atoms with Crippen LogP contribution in [0.4, 0.5) is 0 Å². The van der Waals surface area contributed by atoms with Crippen LogP contribution in [0, 0.1) is 0 Å². The Morgan fingerprint density at radius 2 is 2.19 bits per heavy atom. The number of thiazole rings is 1. The smallest absolute Gasteiger partial charge is 0.0937 e. The van der Waals surface area contributed by atoms with Gasteiger partial charge in [0.15, 0.2) is 0 Å². The first-order valence-corrected chi connectivity index (χ1v) is 7.04. The second-order valence-electron chi connectivity index (χ2n) is 4.78. The molecule has 1 aromatic rings. The summed E-state index contributed by atoms with van der Waals surface area (Å²) in [7, 11) is 0. The van der Waals surface area contributed by atoms with E-state index in [1.807, 2.05) is 11.6 Å². The van der Waals surface area contributed by atoms with E-state index in [1.165, 1.54) is 37.1 Å². The monoisotopic (exact) mass is 239 g/mol. The van der Waals surface area contributed by atoms with Crippen molar-refractivity contribution in [1.29, 1.82) is 0 Å². The fraction of sp³-hybridized carbons (Fsp3) is 0.750. The van der Waals surface area contributed by atoms with Crippen molar-refractivity contribution >= 4 is 11.3 Å². The minimum absolute atomic E-state index is 0.0567. The predicted octanol–water partition coefficient (Wildman–Crippen LogP) is 1.94. The summed E-state index contributed by atoms with van der Waals surface area (Å²) in [5.74, 6) is 0. The van der Waals surface area contributed by atoms with Gasteiger partial charge in [-0.1, -0.05) is 19.3 Å². The summed E-state index contributed by atoms with van der Waals surface area (Å²) in [6.07, 6.45) is 9.20. The van der Waals surface area contributed by atoms with Gasteiger partial charge in [0.2, 0.25) is 0 Å². The number of aromatic nitrogens is 1. The van der Waals surface area contributed by atoms with E-state index in [0.717, 1.165) is 19.5 Å². The van der Waals surface area contributed by atoms with Crippen molar-refractivity contribution in [1.82, 2.24) is 10.3 Å². The third-order valence-corrected chi connectivity index (χ3v) is 4.16. The molecule has 0 atom stereocenters. The molecule has 3 nitrogen and oxygen atoms in total. The minimum atomic E-state index is 0.0567. The van der Waals surface area contributed by atoms with Gasteiger partial charge in [0, 0.05) is 36.6 Å². The Hall–Kier alpha value is -0.450. The lowest BCUT2D eigenvalue weighted by Gasteiger charge is -2.33. The maximum Gasteiger partial charge on any atom is 0.0937 e. The van der Waals surface area contributed by atoms with Gasteiger partial charge in [-0.05, 0) is 12.8 Å². The summed E-state index contributed by atoms with van der Waals surface area (Å²) in [5, 5.41) is 6.71. The molecule has 3 N–H and O–H groups in total. The van der Waals surface area contributed by atoms with E-state index in [-0.39, 0.29) is 5.54 Å². The molecule has 1 aliphatic rings. The van der Waals surface area contributed by atoms with E-state index in [4.69, 9.17) is 5.73 Å². The van der Waals surface area contributed by atoms with Crippen LogP contribution in [-0.4, -0.2) is 23.6 Å². The van der Waals surface area contributed by atoms with Crippen molar-refractivity contribution in [2.24, 2.45) is 5.73 Å². The van der Waals surface area contributed by atoms with Gasteiger partial charge >= 0.3 is 0 Å². The normalized spacial score (nSPS) is 19.8. The third-order valence-electron chi connectivity index (χ3n) is 3.33. The molecule has 0 saturated heterocycles. The Bertz CT molecular complexity index is 291. The molecular formula is C12H21N3S. The lowest BCUT2D eigenvalue weighted by Crippen LogP contribution is -2.50. The fourth-order valence-electron chi connectivity index (χ4n) is 2.34. The first-order valence-electron chi connectivity index (χ1n) is 6.16. The van der Waals surface area contributed by atoms with E-state index < -0.39 is 0 Å². The van der Waals surface area contributed by atoms with Crippen LogP contribution < -0.4 is 11.1 Å². The standard InChI is InChI=1S/C12H21N3S/c13-12(5-2-1-3-6-12)10-14-7-4-11-15-8-9-16-11/h8-9,14H,1-7,10,13H2. The van der Waals surface area contributed by atoms with Gasteiger partial charge in [0.25, 0.3) is 0 Å².